The Morgan fingerprint density at radius 2 is 2.29 bits per heavy atom. The van der Waals surface area contributed by atoms with Crippen LogP contribution in [0.3, 0.4) is 0 Å². The van der Waals surface area contributed by atoms with E-state index in [9.17, 15) is 4.79 Å². The summed E-state index contributed by atoms with van der Waals surface area (Å²) in [5.41, 5.74) is 0.973. The number of carbonyl (C=O) groups is 1. The predicted molar refractivity (Wildman–Crippen MR) is 56.8 cm³/mol. The number of aromatic carboxylic acids is 1. The van der Waals surface area contributed by atoms with Gasteiger partial charge in [-0.15, -0.1) is 0 Å². The summed E-state index contributed by atoms with van der Waals surface area (Å²) in [5.74, 6) is 0.534. The SMILES string of the molecule is Cc1oc(C(=O)O)cc1CSC(C)C. The molecule has 0 atom stereocenters. The third kappa shape index (κ3) is 2.80. The van der Waals surface area contributed by atoms with Gasteiger partial charge in [0, 0.05) is 11.3 Å². The van der Waals surface area contributed by atoms with E-state index in [-0.39, 0.29) is 5.76 Å². The molecule has 0 amide bonds. The number of rotatable bonds is 4. The zero-order valence-corrected chi connectivity index (χ0v) is 9.35. The van der Waals surface area contributed by atoms with Gasteiger partial charge in [-0.1, -0.05) is 13.8 Å². The van der Waals surface area contributed by atoms with Crippen molar-refractivity contribution in [3.63, 3.8) is 0 Å². The van der Waals surface area contributed by atoms with Crippen LogP contribution in [0.4, 0.5) is 0 Å². The molecule has 78 valence electrons. The number of carboxylic acids is 1. The van der Waals surface area contributed by atoms with Gasteiger partial charge in [0.05, 0.1) is 0 Å². The van der Waals surface area contributed by atoms with Crippen LogP contribution in [-0.2, 0) is 5.75 Å². The second kappa shape index (κ2) is 4.55. The first-order chi connectivity index (χ1) is 6.50. The average molecular weight is 214 g/mol. The van der Waals surface area contributed by atoms with Crippen LogP contribution < -0.4 is 0 Å². The van der Waals surface area contributed by atoms with Crippen LogP contribution in [0.15, 0.2) is 10.5 Å². The summed E-state index contributed by atoms with van der Waals surface area (Å²) in [7, 11) is 0. The first kappa shape index (κ1) is 11.2. The fourth-order valence-corrected chi connectivity index (χ4v) is 1.82. The topological polar surface area (TPSA) is 50.4 Å². The highest BCUT2D eigenvalue weighted by molar-refractivity contribution is 7.99. The standard InChI is InChI=1S/C10H14O3S/c1-6(2)14-5-8-4-9(10(11)12)13-7(8)3/h4,6H,5H2,1-3H3,(H,11,12). The van der Waals surface area contributed by atoms with Gasteiger partial charge in [0.1, 0.15) is 5.76 Å². The number of furan rings is 1. The summed E-state index contributed by atoms with van der Waals surface area (Å²) in [6.45, 7) is 6.01. The third-order valence-electron chi connectivity index (χ3n) is 1.80. The molecule has 3 nitrogen and oxygen atoms in total. The monoisotopic (exact) mass is 214 g/mol. The van der Waals surface area contributed by atoms with E-state index in [1.807, 2.05) is 0 Å². The number of aryl methyl sites for hydroxylation is 1. The van der Waals surface area contributed by atoms with Crippen LogP contribution in [-0.4, -0.2) is 16.3 Å². The van der Waals surface area contributed by atoms with E-state index in [2.05, 4.69) is 13.8 Å². The number of thioether (sulfide) groups is 1. The molecule has 0 aliphatic carbocycles. The van der Waals surface area contributed by atoms with Crippen molar-refractivity contribution >= 4 is 17.7 Å². The number of hydrogen-bond acceptors (Lipinski definition) is 3. The lowest BCUT2D eigenvalue weighted by atomic mass is 10.3. The Labute approximate surface area is 87.5 Å². The molecule has 14 heavy (non-hydrogen) atoms. The van der Waals surface area contributed by atoms with Crippen molar-refractivity contribution < 1.29 is 14.3 Å². The molecule has 1 rings (SSSR count). The Kier molecular flexibility index (Phi) is 3.63. The van der Waals surface area contributed by atoms with Crippen LogP contribution in [0, 0.1) is 6.92 Å². The van der Waals surface area contributed by atoms with Crippen LogP contribution in [0.2, 0.25) is 0 Å². The molecule has 0 aliphatic rings. The fourth-order valence-electron chi connectivity index (χ4n) is 1.02. The summed E-state index contributed by atoms with van der Waals surface area (Å²) in [4.78, 5) is 10.6. The lowest BCUT2D eigenvalue weighted by molar-refractivity contribution is 0.0661. The van der Waals surface area contributed by atoms with Gasteiger partial charge in [-0.25, -0.2) is 4.79 Å². The molecule has 1 aromatic rings. The molecule has 0 spiro atoms. The highest BCUT2D eigenvalue weighted by Crippen LogP contribution is 2.22. The molecular weight excluding hydrogens is 200 g/mol. The molecule has 0 saturated heterocycles. The Hall–Kier alpha value is -0.900. The summed E-state index contributed by atoms with van der Waals surface area (Å²) in [6, 6.07) is 1.60. The Balaban J connectivity index is 2.72. The molecule has 0 aromatic carbocycles. The fraction of sp³-hybridized carbons (Fsp3) is 0.500. The molecule has 0 unspecified atom stereocenters. The largest absolute Gasteiger partial charge is 0.475 e. The van der Waals surface area contributed by atoms with Gasteiger partial charge in [-0.3, -0.25) is 0 Å². The molecular formula is C10H14O3S. The van der Waals surface area contributed by atoms with Crippen molar-refractivity contribution in [3.8, 4) is 0 Å². The van der Waals surface area contributed by atoms with Crippen molar-refractivity contribution in [2.45, 2.75) is 31.8 Å². The van der Waals surface area contributed by atoms with Gasteiger partial charge >= 0.3 is 5.97 Å². The first-order valence-corrected chi connectivity index (χ1v) is 5.49. The smallest absolute Gasteiger partial charge is 0.371 e. The van der Waals surface area contributed by atoms with Gasteiger partial charge in [0.15, 0.2) is 0 Å². The maximum absolute atomic E-state index is 10.6. The van der Waals surface area contributed by atoms with Gasteiger partial charge < -0.3 is 9.52 Å². The van der Waals surface area contributed by atoms with Gasteiger partial charge in [-0.05, 0) is 18.2 Å². The first-order valence-electron chi connectivity index (χ1n) is 4.45. The highest BCUT2D eigenvalue weighted by Gasteiger charge is 2.12. The second-order valence-electron chi connectivity index (χ2n) is 3.36. The molecule has 1 aromatic heterocycles. The molecule has 0 bridgehead atoms. The lowest BCUT2D eigenvalue weighted by Gasteiger charge is -2.02. The Bertz CT molecular complexity index is 328. The molecule has 0 aliphatic heterocycles. The number of hydrogen-bond donors (Lipinski definition) is 1. The van der Waals surface area contributed by atoms with E-state index in [1.54, 1.807) is 24.8 Å². The molecule has 0 fully saturated rings. The molecule has 0 radical (unpaired) electrons. The van der Waals surface area contributed by atoms with Crippen LogP contribution in [0.5, 0.6) is 0 Å². The van der Waals surface area contributed by atoms with Crippen LogP contribution in [0.25, 0.3) is 0 Å². The summed E-state index contributed by atoms with van der Waals surface area (Å²) in [6.07, 6.45) is 0. The number of carboxylic acid groups (broad SMARTS) is 1. The van der Waals surface area contributed by atoms with Crippen molar-refractivity contribution in [2.24, 2.45) is 0 Å². The van der Waals surface area contributed by atoms with E-state index >= 15 is 0 Å². The third-order valence-corrected chi connectivity index (χ3v) is 2.95. The van der Waals surface area contributed by atoms with Gasteiger partial charge in [0.25, 0.3) is 0 Å². The van der Waals surface area contributed by atoms with Crippen molar-refractivity contribution in [1.29, 1.82) is 0 Å². The normalized spacial score (nSPS) is 10.9. The maximum Gasteiger partial charge on any atom is 0.371 e. The molecule has 0 saturated carbocycles. The van der Waals surface area contributed by atoms with E-state index in [0.29, 0.717) is 11.0 Å². The second-order valence-corrected chi connectivity index (χ2v) is 4.92. The van der Waals surface area contributed by atoms with Crippen molar-refractivity contribution in [2.75, 3.05) is 0 Å². The lowest BCUT2D eigenvalue weighted by Crippen LogP contribution is -1.92. The average Bonchev–Trinajstić information content (AvgIpc) is 2.43. The van der Waals surface area contributed by atoms with E-state index < -0.39 is 5.97 Å². The van der Waals surface area contributed by atoms with Crippen molar-refractivity contribution in [3.05, 3.63) is 23.2 Å². The van der Waals surface area contributed by atoms with Gasteiger partial charge in [0.2, 0.25) is 5.76 Å². The van der Waals surface area contributed by atoms with Crippen LogP contribution >= 0.6 is 11.8 Å². The minimum atomic E-state index is -1.01. The Morgan fingerprint density at radius 1 is 1.64 bits per heavy atom. The summed E-state index contributed by atoms with van der Waals surface area (Å²) in [5, 5.41) is 9.24. The maximum atomic E-state index is 10.6. The van der Waals surface area contributed by atoms with E-state index in [0.717, 1.165) is 11.3 Å². The summed E-state index contributed by atoms with van der Waals surface area (Å²) >= 11 is 1.77. The van der Waals surface area contributed by atoms with Crippen molar-refractivity contribution in [1.82, 2.24) is 0 Å². The van der Waals surface area contributed by atoms with E-state index in [1.165, 1.54) is 0 Å². The zero-order valence-electron chi connectivity index (χ0n) is 8.53. The quantitative estimate of drug-likeness (QED) is 0.837. The molecule has 4 heteroatoms. The Morgan fingerprint density at radius 3 is 2.71 bits per heavy atom. The van der Waals surface area contributed by atoms with Gasteiger partial charge in [-0.2, -0.15) is 11.8 Å². The minimum absolute atomic E-state index is 0.0295. The van der Waals surface area contributed by atoms with E-state index in [4.69, 9.17) is 9.52 Å². The molecule has 1 heterocycles. The van der Waals surface area contributed by atoms with Crippen LogP contribution in [0.1, 0.15) is 35.7 Å². The minimum Gasteiger partial charge on any atom is -0.475 e. The predicted octanol–water partition coefficient (Wildman–Crippen LogP) is 2.93. The highest BCUT2D eigenvalue weighted by atomic mass is 32.2. The zero-order chi connectivity index (χ0) is 10.7. The summed E-state index contributed by atoms with van der Waals surface area (Å²) < 4.78 is 5.10. The molecule has 1 N–H and O–H groups in total.